The van der Waals surface area contributed by atoms with Crippen LogP contribution in [0.5, 0.6) is 0 Å². The lowest BCUT2D eigenvalue weighted by molar-refractivity contribution is -0.116. The van der Waals surface area contributed by atoms with E-state index in [4.69, 9.17) is 0 Å². The first-order chi connectivity index (χ1) is 12.6. The second-order valence-corrected chi connectivity index (χ2v) is 6.08. The molecule has 2 N–H and O–H groups in total. The Morgan fingerprint density at radius 2 is 1.69 bits per heavy atom. The lowest BCUT2D eigenvalue weighted by Gasteiger charge is -2.18. The Balaban J connectivity index is 1.79. The summed E-state index contributed by atoms with van der Waals surface area (Å²) in [5, 5.41) is 5.66. The Morgan fingerprint density at radius 1 is 0.962 bits per heavy atom. The van der Waals surface area contributed by atoms with Gasteiger partial charge in [-0.1, -0.05) is 44.2 Å². The molecule has 5 nitrogen and oxygen atoms in total. The van der Waals surface area contributed by atoms with E-state index in [1.807, 2.05) is 36.4 Å². The van der Waals surface area contributed by atoms with Crippen LogP contribution in [0.4, 0.5) is 5.69 Å². The molecule has 0 radical (unpaired) electrons. The zero-order valence-corrected chi connectivity index (χ0v) is 15.5. The molecule has 0 aliphatic rings. The van der Waals surface area contributed by atoms with E-state index in [2.05, 4.69) is 35.4 Å². The summed E-state index contributed by atoms with van der Waals surface area (Å²) in [6.07, 6.45) is 0.235. The monoisotopic (exact) mass is 353 g/mol. The van der Waals surface area contributed by atoms with Gasteiger partial charge < -0.3 is 10.6 Å². The molecule has 0 unspecified atom stereocenters. The molecule has 0 saturated heterocycles. The minimum atomic E-state index is -0.167. The molecule has 0 heterocycles. The van der Waals surface area contributed by atoms with Gasteiger partial charge in [0.15, 0.2) is 0 Å². The van der Waals surface area contributed by atoms with Gasteiger partial charge in [-0.15, -0.1) is 0 Å². The molecule has 0 saturated carbocycles. The Labute approximate surface area is 155 Å². The highest BCUT2D eigenvalue weighted by Gasteiger charge is 2.07. The van der Waals surface area contributed by atoms with Crippen LogP contribution < -0.4 is 10.6 Å². The molecule has 5 heteroatoms. The topological polar surface area (TPSA) is 61.4 Å². The van der Waals surface area contributed by atoms with E-state index < -0.39 is 0 Å². The molecule has 138 valence electrons. The van der Waals surface area contributed by atoms with Crippen LogP contribution in [0.2, 0.25) is 0 Å². The van der Waals surface area contributed by atoms with Gasteiger partial charge in [0, 0.05) is 30.8 Å². The average molecular weight is 353 g/mol. The van der Waals surface area contributed by atoms with Crippen LogP contribution in [-0.4, -0.2) is 36.3 Å². The molecule has 0 aromatic heterocycles. The fraction of sp³-hybridized carbons (Fsp3) is 0.333. The van der Waals surface area contributed by atoms with Gasteiger partial charge in [0.25, 0.3) is 5.91 Å². The van der Waals surface area contributed by atoms with Crippen LogP contribution in [0.1, 0.15) is 36.2 Å². The summed E-state index contributed by atoms with van der Waals surface area (Å²) in [6, 6.07) is 16.9. The van der Waals surface area contributed by atoms with Crippen molar-refractivity contribution in [2.45, 2.75) is 26.8 Å². The SMILES string of the molecule is CCN(CC)Cc1cccc(NC(=O)CCNC(=O)c2ccccc2)c1. The minimum Gasteiger partial charge on any atom is -0.352 e. The van der Waals surface area contributed by atoms with Gasteiger partial charge in [-0.25, -0.2) is 0 Å². The van der Waals surface area contributed by atoms with Gasteiger partial charge in [0.2, 0.25) is 5.91 Å². The lowest BCUT2D eigenvalue weighted by Crippen LogP contribution is -2.27. The zero-order valence-electron chi connectivity index (χ0n) is 15.5. The summed E-state index contributed by atoms with van der Waals surface area (Å²) in [7, 11) is 0. The quantitative estimate of drug-likeness (QED) is 0.727. The molecule has 0 aliphatic heterocycles. The van der Waals surface area contributed by atoms with E-state index in [1.165, 1.54) is 5.56 Å². The molecule has 0 spiro atoms. The maximum Gasteiger partial charge on any atom is 0.251 e. The third-order valence-electron chi connectivity index (χ3n) is 4.18. The molecule has 0 bridgehead atoms. The number of nitrogens with one attached hydrogen (secondary N) is 2. The van der Waals surface area contributed by atoms with Crippen molar-refractivity contribution >= 4 is 17.5 Å². The number of anilines is 1. The molecule has 2 amide bonds. The Kier molecular flexibility index (Phi) is 7.83. The summed E-state index contributed by atoms with van der Waals surface area (Å²) >= 11 is 0. The Morgan fingerprint density at radius 3 is 2.38 bits per heavy atom. The summed E-state index contributed by atoms with van der Waals surface area (Å²) in [5.74, 6) is -0.280. The molecule has 2 aromatic carbocycles. The first kappa shape index (κ1) is 19.7. The van der Waals surface area contributed by atoms with E-state index in [0.717, 1.165) is 25.3 Å². The lowest BCUT2D eigenvalue weighted by atomic mass is 10.2. The maximum absolute atomic E-state index is 12.1. The predicted octanol–water partition coefficient (Wildman–Crippen LogP) is 3.29. The van der Waals surface area contributed by atoms with Gasteiger partial charge in [0.1, 0.15) is 0 Å². The standard InChI is InChI=1S/C21H27N3O2/c1-3-24(4-2)16-17-9-8-12-19(15-17)23-20(25)13-14-22-21(26)18-10-6-5-7-11-18/h5-12,15H,3-4,13-14,16H2,1-2H3,(H,22,26)(H,23,25). The molecule has 2 rings (SSSR count). The van der Waals surface area contributed by atoms with Crippen molar-refractivity contribution in [1.29, 1.82) is 0 Å². The number of carbonyl (C=O) groups is 2. The van der Waals surface area contributed by atoms with Crippen LogP contribution in [0.3, 0.4) is 0 Å². The van der Waals surface area contributed by atoms with E-state index >= 15 is 0 Å². The van der Waals surface area contributed by atoms with Gasteiger partial charge in [-0.2, -0.15) is 0 Å². The van der Waals surface area contributed by atoms with Crippen molar-refractivity contribution in [1.82, 2.24) is 10.2 Å². The molecule has 26 heavy (non-hydrogen) atoms. The van der Waals surface area contributed by atoms with Crippen molar-refractivity contribution in [3.05, 3.63) is 65.7 Å². The van der Waals surface area contributed by atoms with Crippen LogP contribution in [-0.2, 0) is 11.3 Å². The van der Waals surface area contributed by atoms with Crippen molar-refractivity contribution in [2.75, 3.05) is 25.0 Å². The summed E-state index contributed by atoms with van der Waals surface area (Å²) < 4.78 is 0. The van der Waals surface area contributed by atoms with Crippen LogP contribution in [0.15, 0.2) is 54.6 Å². The van der Waals surface area contributed by atoms with E-state index in [-0.39, 0.29) is 18.2 Å². The Hall–Kier alpha value is -2.66. The van der Waals surface area contributed by atoms with Gasteiger partial charge >= 0.3 is 0 Å². The molecule has 2 aromatic rings. The zero-order chi connectivity index (χ0) is 18.8. The van der Waals surface area contributed by atoms with E-state index in [9.17, 15) is 9.59 Å². The molecular weight excluding hydrogens is 326 g/mol. The van der Waals surface area contributed by atoms with Crippen molar-refractivity contribution < 1.29 is 9.59 Å². The van der Waals surface area contributed by atoms with Crippen molar-refractivity contribution in [2.24, 2.45) is 0 Å². The second-order valence-electron chi connectivity index (χ2n) is 6.08. The fourth-order valence-corrected chi connectivity index (χ4v) is 2.66. The first-order valence-electron chi connectivity index (χ1n) is 9.06. The maximum atomic E-state index is 12.1. The van der Waals surface area contributed by atoms with Crippen LogP contribution in [0, 0.1) is 0 Å². The second kappa shape index (κ2) is 10.4. The molecule has 0 fully saturated rings. The number of hydrogen-bond donors (Lipinski definition) is 2. The highest BCUT2D eigenvalue weighted by Crippen LogP contribution is 2.13. The minimum absolute atomic E-state index is 0.113. The Bertz CT molecular complexity index is 712. The molecular formula is C21H27N3O2. The van der Waals surface area contributed by atoms with Crippen molar-refractivity contribution in [3.63, 3.8) is 0 Å². The number of carbonyl (C=O) groups excluding carboxylic acids is 2. The number of hydrogen-bond acceptors (Lipinski definition) is 3. The third kappa shape index (κ3) is 6.33. The fourth-order valence-electron chi connectivity index (χ4n) is 2.66. The smallest absolute Gasteiger partial charge is 0.251 e. The highest BCUT2D eigenvalue weighted by atomic mass is 16.2. The van der Waals surface area contributed by atoms with E-state index in [0.29, 0.717) is 12.1 Å². The van der Waals surface area contributed by atoms with Crippen molar-refractivity contribution in [3.8, 4) is 0 Å². The summed E-state index contributed by atoms with van der Waals surface area (Å²) in [6.45, 7) is 7.43. The number of nitrogens with zero attached hydrogens (tertiary/aromatic N) is 1. The number of rotatable bonds is 9. The van der Waals surface area contributed by atoms with Crippen LogP contribution >= 0.6 is 0 Å². The third-order valence-corrected chi connectivity index (χ3v) is 4.18. The van der Waals surface area contributed by atoms with Gasteiger partial charge in [-0.05, 0) is 42.9 Å². The summed E-state index contributed by atoms with van der Waals surface area (Å²) in [4.78, 5) is 26.4. The molecule has 0 atom stereocenters. The van der Waals surface area contributed by atoms with Gasteiger partial charge in [0.05, 0.1) is 0 Å². The summed E-state index contributed by atoms with van der Waals surface area (Å²) in [5.41, 5.74) is 2.55. The number of benzene rings is 2. The predicted molar refractivity (Wildman–Crippen MR) is 105 cm³/mol. The van der Waals surface area contributed by atoms with E-state index in [1.54, 1.807) is 12.1 Å². The van der Waals surface area contributed by atoms with Gasteiger partial charge in [-0.3, -0.25) is 14.5 Å². The largest absolute Gasteiger partial charge is 0.352 e. The first-order valence-corrected chi connectivity index (χ1v) is 9.06. The highest BCUT2D eigenvalue weighted by molar-refractivity contribution is 5.95. The van der Waals surface area contributed by atoms with Crippen LogP contribution in [0.25, 0.3) is 0 Å². The normalized spacial score (nSPS) is 10.6. The molecule has 0 aliphatic carbocycles. The number of amides is 2. The average Bonchev–Trinajstić information content (AvgIpc) is 2.67.